The van der Waals surface area contributed by atoms with Gasteiger partial charge in [-0.1, -0.05) is 12.5 Å². The number of hydrogen-bond donors (Lipinski definition) is 3. The number of H-pyrrole nitrogens is 1. The Morgan fingerprint density at radius 3 is 2.54 bits per heavy atom. The summed E-state index contributed by atoms with van der Waals surface area (Å²) in [6, 6.07) is 12.3. The standard InChI is InChI=1S/C19H21N5O3S/c25-19-17-12-15(7-8-18(17)20-13-21-19)22-14-5-4-6-16(11-14)23-28(26,27)24-9-2-1-3-10-24/h4-8,11-13,22-23H,1-3,9-10H2,(H,20,21,25). The van der Waals surface area contributed by atoms with Crippen LogP contribution in [-0.4, -0.2) is 35.8 Å². The molecule has 0 spiro atoms. The molecule has 1 saturated heterocycles. The van der Waals surface area contributed by atoms with Crippen LogP contribution in [0.25, 0.3) is 10.9 Å². The Kier molecular flexibility index (Phi) is 5.01. The largest absolute Gasteiger partial charge is 0.355 e. The third-order valence-corrected chi connectivity index (χ3v) is 6.23. The first kappa shape index (κ1) is 18.5. The van der Waals surface area contributed by atoms with Crippen molar-refractivity contribution in [3.63, 3.8) is 0 Å². The van der Waals surface area contributed by atoms with Gasteiger partial charge >= 0.3 is 10.2 Å². The lowest BCUT2D eigenvalue weighted by molar-refractivity contribution is 0.349. The van der Waals surface area contributed by atoms with Crippen LogP contribution in [0.3, 0.4) is 0 Å². The van der Waals surface area contributed by atoms with E-state index >= 15 is 0 Å². The first-order chi connectivity index (χ1) is 13.5. The van der Waals surface area contributed by atoms with E-state index in [1.165, 1.54) is 10.6 Å². The van der Waals surface area contributed by atoms with Gasteiger partial charge in [-0.25, -0.2) is 4.98 Å². The lowest BCUT2D eigenvalue weighted by Gasteiger charge is -2.26. The van der Waals surface area contributed by atoms with E-state index in [-0.39, 0.29) is 5.56 Å². The Hall–Kier alpha value is -2.91. The summed E-state index contributed by atoms with van der Waals surface area (Å²) >= 11 is 0. The van der Waals surface area contributed by atoms with E-state index in [4.69, 9.17) is 0 Å². The van der Waals surface area contributed by atoms with Crippen molar-refractivity contribution < 1.29 is 8.42 Å². The summed E-state index contributed by atoms with van der Waals surface area (Å²) in [4.78, 5) is 18.6. The molecule has 0 amide bonds. The lowest BCUT2D eigenvalue weighted by Crippen LogP contribution is -2.39. The highest BCUT2D eigenvalue weighted by atomic mass is 32.2. The molecule has 28 heavy (non-hydrogen) atoms. The summed E-state index contributed by atoms with van der Waals surface area (Å²) in [7, 11) is -3.56. The Labute approximate surface area is 162 Å². The van der Waals surface area contributed by atoms with Crippen LogP contribution in [0.4, 0.5) is 17.1 Å². The Balaban J connectivity index is 1.54. The zero-order valence-corrected chi connectivity index (χ0v) is 16.0. The maximum absolute atomic E-state index is 12.6. The number of rotatable bonds is 5. The van der Waals surface area contributed by atoms with Gasteiger partial charge in [0.25, 0.3) is 5.56 Å². The SMILES string of the molecule is O=c1[nH]cnc2ccc(Nc3cccc(NS(=O)(=O)N4CCCCC4)c3)cc12. The molecular weight excluding hydrogens is 378 g/mol. The first-order valence-corrected chi connectivity index (χ1v) is 10.6. The summed E-state index contributed by atoms with van der Waals surface area (Å²) in [6.07, 6.45) is 4.21. The summed E-state index contributed by atoms with van der Waals surface area (Å²) in [5, 5.41) is 3.68. The third-order valence-electron chi connectivity index (χ3n) is 4.69. The van der Waals surface area contributed by atoms with Crippen LogP contribution >= 0.6 is 0 Å². The fraction of sp³-hybridized carbons (Fsp3) is 0.263. The molecule has 3 aromatic rings. The van der Waals surface area contributed by atoms with Gasteiger partial charge in [0.2, 0.25) is 0 Å². The van der Waals surface area contributed by atoms with Crippen molar-refractivity contribution in [1.29, 1.82) is 0 Å². The molecule has 0 saturated carbocycles. The van der Waals surface area contributed by atoms with Crippen LogP contribution in [0.15, 0.2) is 53.6 Å². The lowest BCUT2D eigenvalue weighted by atomic mass is 10.2. The van der Waals surface area contributed by atoms with Gasteiger partial charge in [-0.05, 0) is 49.2 Å². The van der Waals surface area contributed by atoms with E-state index in [0.717, 1.165) is 19.3 Å². The van der Waals surface area contributed by atoms with E-state index in [1.807, 2.05) is 12.1 Å². The molecule has 2 heterocycles. The van der Waals surface area contributed by atoms with Crippen LogP contribution in [0.5, 0.6) is 0 Å². The zero-order chi connectivity index (χ0) is 19.6. The zero-order valence-electron chi connectivity index (χ0n) is 15.2. The van der Waals surface area contributed by atoms with Gasteiger partial charge in [0.15, 0.2) is 0 Å². The summed E-state index contributed by atoms with van der Waals surface area (Å²) < 4.78 is 29.2. The Morgan fingerprint density at radius 1 is 0.964 bits per heavy atom. The second kappa shape index (κ2) is 7.61. The van der Waals surface area contributed by atoms with Crippen LogP contribution in [0, 0.1) is 0 Å². The maximum atomic E-state index is 12.6. The molecule has 8 nitrogen and oxygen atoms in total. The predicted molar refractivity (Wildman–Crippen MR) is 110 cm³/mol. The molecule has 0 radical (unpaired) electrons. The molecule has 1 aliphatic heterocycles. The second-order valence-corrected chi connectivity index (χ2v) is 8.41. The monoisotopic (exact) mass is 399 g/mol. The minimum Gasteiger partial charge on any atom is -0.355 e. The van der Waals surface area contributed by atoms with Crippen LogP contribution in [0.1, 0.15) is 19.3 Å². The van der Waals surface area contributed by atoms with Gasteiger partial charge in [0, 0.05) is 24.5 Å². The number of aromatic nitrogens is 2. The smallest absolute Gasteiger partial charge is 0.301 e. The van der Waals surface area contributed by atoms with Crippen molar-refractivity contribution >= 4 is 38.2 Å². The molecule has 0 unspecified atom stereocenters. The van der Waals surface area contributed by atoms with Gasteiger partial charge in [-0.2, -0.15) is 12.7 Å². The van der Waals surface area contributed by atoms with Gasteiger partial charge in [0.05, 0.1) is 22.9 Å². The van der Waals surface area contributed by atoms with E-state index < -0.39 is 10.2 Å². The van der Waals surface area contributed by atoms with Crippen LogP contribution < -0.4 is 15.6 Å². The molecule has 9 heteroatoms. The van der Waals surface area contributed by atoms with Crippen molar-refractivity contribution in [2.45, 2.75) is 19.3 Å². The molecule has 3 N–H and O–H groups in total. The fourth-order valence-electron chi connectivity index (χ4n) is 3.29. The highest BCUT2D eigenvalue weighted by molar-refractivity contribution is 7.90. The quantitative estimate of drug-likeness (QED) is 0.612. The number of aromatic amines is 1. The molecule has 146 valence electrons. The number of nitrogens with zero attached hydrogens (tertiary/aromatic N) is 2. The average molecular weight is 399 g/mol. The van der Waals surface area contributed by atoms with Crippen LogP contribution in [0.2, 0.25) is 0 Å². The van der Waals surface area contributed by atoms with E-state index in [2.05, 4.69) is 20.0 Å². The van der Waals surface area contributed by atoms with E-state index in [1.54, 1.807) is 30.3 Å². The van der Waals surface area contributed by atoms with Crippen molar-refractivity contribution in [1.82, 2.24) is 14.3 Å². The number of nitrogens with one attached hydrogen (secondary N) is 3. The molecule has 4 rings (SSSR count). The highest BCUT2D eigenvalue weighted by Gasteiger charge is 2.23. The average Bonchev–Trinajstić information content (AvgIpc) is 2.69. The number of benzene rings is 2. The summed E-state index contributed by atoms with van der Waals surface area (Å²) in [5.41, 5.74) is 2.30. The molecule has 0 aliphatic carbocycles. The molecular formula is C19H21N5O3S. The molecule has 1 aromatic heterocycles. The topological polar surface area (TPSA) is 107 Å². The van der Waals surface area contributed by atoms with E-state index in [9.17, 15) is 13.2 Å². The van der Waals surface area contributed by atoms with Gasteiger partial charge in [-0.15, -0.1) is 0 Å². The molecule has 1 fully saturated rings. The predicted octanol–water partition coefficient (Wildman–Crippen LogP) is 2.81. The third kappa shape index (κ3) is 4.00. The number of piperidine rings is 1. The van der Waals surface area contributed by atoms with Crippen molar-refractivity contribution in [2.24, 2.45) is 0 Å². The Morgan fingerprint density at radius 2 is 1.71 bits per heavy atom. The molecule has 1 aliphatic rings. The molecule has 2 aromatic carbocycles. The summed E-state index contributed by atoms with van der Waals surface area (Å²) in [6.45, 7) is 1.10. The van der Waals surface area contributed by atoms with Gasteiger partial charge in [-0.3, -0.25) is 9.52 Å². The number of fused-ring (bicyclic) bond motifs is 1. The summed E-state index contributed by atoms with van der Waals surface area (Å²) in [5.74, 6) is 0. The first-order valence-electron chi connectivity index (χ1n) is 9.14. The van der Waals surface area contributed by atoms with Gasteiger partial charge < -0.3 is 10.3 Å². The highest BCUT2D eigenvalue weighted by Crippen LogP contribution is 2.23. The fourth-order valence-corrected chi connectivity index (χ4v) is 4.59. The maximum Gasteiger partial charge on any atom is 0.301 e. The second-order valence-electron chi connectivity index (χ2n) is 6.74. The minimum atomic E-state index is -3.56. The number of anilines is 3. The molecule has 0 atom stereocenters. The van der Waals surface area contributed by atoms with Crippen molar-refractivity contribution in [3.8, 4) is 0 Å². The Bertz CT molecular complexity index is 1150. The minimum absolute atomic E-state index is 0.211. The van der Waals surface area contributed by atoms with E-state index in [0.29, 0.717) is 41.1 Å². The molecule has 0 bridgehead atoms. The van der Waals surface area contributed by atoms with Crippen molar-refractivity contribution in [2.75, 3.05) is 23.1 Å². The van der Waals surface area contributed by atoms with Gasteiger partial charge in [0.1, 0.15) is 0 Å². The number of hydrogen-bond acceptors (Lipinski definition) is 5. The normalized spacial score (nSPS) is 15.4. The van der Waals surface area contributed by atoms with Crippen LogP contribution in [-0.2, 0) is 10.2 Å². The van der Waals surface area contributed by atoms with Crippen molar-refractivity contribution in [3.05, 3.63) is 59.1 Å².